The summed E-state index contributed by atoms with van der Waals surface area (Å²) in [6.07, 6.45) is 8.30. The maximum absolute atomic E-state index is 13.6. The van der Waals surface area contributed by atoms with Crippen LogP contribution in [0.3, 0.4) is 0 Å². The molecule has 3 fully saturated rings. The highest BCUT2D eigenvalue weighted by atomic mass is 28.4. The molecule has 3 unspecified atom stereocenters. The molecule has 3 aliphatic carbocycles. The van der Waals surface area contributed by atoms with E-state index in [1.165, 1.54) is 17.6 Å². The zero-order valence-electron chi connectivity index (χ0n) is 31.1. The molecule has 1 aromatic rings. The van der Waals surface area contributed by atoms with Gasteiger partial charge in [-0.05, 0) is 97.1 Å². The van der Waals surface area contributed by atoms with E-state index in [9.17, 15) is 4.79 Å². The van der Waals surface area contributed by atoms with E-state index >= 15 is 0 Å². The number of carbonyl (C=O) groups excluding carboxylic acids is 1. The summed E-state index contributed by atoms with van der Waals surface area (Å²) in [6, 6.07) is 10.8. The first kappa shape index (κ1) is 36.6. The fourth-order valence-corrected chi connectivity index (χ4v) is 10.2. The lowest BCUT2D eigenvalue weighted by atomic mass is 9.64. The van der Waals surface area contributed by atoms with Crippen molar-refractivity contribution in [1.29, 1.82) is 0 Å². The number of carbonyl (C=O) groups is 1. The molecule has 1 aromatic carbocycles. The van der Waals surface area contributed by atoms with Crippen LogP contribution in [0.2, 0.25) is 36.3 Å². The van der Waals surface area contributed by atoms with Crippen LogP contribution >= 0.6 is 0 Å². The van der Waals surface area contributed by atoms with Gasteiger partial charge in [-0.2, -0.15) is 0 Å². The van der Waals surface area contributed by atoms with Crippen LogP contribution in [-0.2, 0) is 23.8 Å². The van der Waals surface area contributed by atoms with Crippen LogP contribution in [-0.4, -0.2) is 41.4 Å². The van der Waals surface area contributed by atoms with Crippen LogP contribution in [0.25, 0.3) is 0 Å². The summed E-state index contributed by atoms with van der Waals surface area (Å²) in [5.41, 5.74) is 2.54. The molecule has 0 heterocycles. The molecule has 45 heavy (non-hydrogen) atoms. The molecular formula is C39H66O4Si2. The molecule has 0 aromatic heterocycles. The Labute approximate surface area is 278 Å². The van der Waals surface area contributed by atoms with Crippen molar-refractivity contribution in [3.05, 3.63) is 47.5 Å². The van der Waals surface area contributed by atoms with Gasteiger partial charge in [0.15, 0.2) is 16.6 Å². The maximum atomic E-state index is 13.6. The Morgan fingerprint density at radius 3 is 2.07 bits per heavy atom. The van der Waals surface area contributed by atoms with Gasteiger partial charge in [0.05, 0.1) is 6.10 Å². The van der Waals surface area contributed by atoms with Gasteiger partial charge in [-0.1, -0.05) is 105 Å². The van der Waals surface area contributed by atoms with Crippen molar-refractivity contribution >= 4 is 22.6 Å². The van der Waals surface area contributed by atoms with Crippen molar-refractivity contribution in [3.63, 3.8) is 0 Å². The third kappa shape index (κ3) is 8.27. The molecule has 7 atom stereocenters. The monoisotopic (exact) mass is 654 g/mol. The Morgan fingerprint density at radius 1 is 0.844 bits per heavy atom. The van der Waals surface area contributed by atoms with E-state index in [0.29, 0.717) is 29.6 Å². The molecule has 4 nitrogen and oxygen atoms in total. The lowest BCUT2D eigenvalue weighted by Gasteiger charge is -2.43. The van der Waals surface area contributed by atoms with E-state index in [4.69, 9.17) is 13.6 Å². The van der Waals surface area contributed by atoms with E-state index < -0.39 is 16.6 Å². The summed E-state index contributed by atoms with van der Waals surface area (Å²) in [6.45, 7) is 31.2. The van der Waals surface area contributed by atoms with Crippen molar-refractivity contribution < 1.29 is 18.4 Å². The highest BCUT2D eigenvalue weighted by Crippen LogP contribution is 2.53. The second kappa shape index (κ2) is 13.4. The second-order valence-corrected chi connectivity index (χ2v) is 28.2. The number of hydrogen-bond donors (Lipinski definition) is 0. The number of benzene rings is 1. The molecule has 4 rings (SSSR count). The topological polar surface area (TPSA) is 44.8 Å². The zero-order chi connectivity index (χ0) is 33.6. The van der Waals surface area contributed by atoms with Crippen LogP contribution in [0, 0.1) is 29.6 Å². The predicted octanol–water partition coefficient (Wildman–Crippen LogP) is 10.7. The van der Waals surface area contributed by atoms with E-state index in [0.717, 1.165) is 38.7 Å². The molecule has 0 aliphatic heterocycles. The third-order valence-corrected chi connectivity index (χ3v) is 22.0. The average Bonchev–Trinajstić information content (AvgIpc) is 3.42. The average molecular weight is 655 g/mol. The highest BCUT2D eigenvalue weighted by molar-refractivity contribution is 6.74. The Hall–Kier alpha value is -1.22. The number of allylic oxidation sites excluding steroid dienone is 1. The van der Waals surface area contributed by atoms with Gasteiger partial charge >= 0.3 is 5.97 Å². The molecule has 0 saturated heterocycles. The van der Waals surface area contributed by atoms with Gasteiger partial charge in [-0.25, -0.2) is 4.79 Å². The minimum absolute atomic E-state index is 0.0534. The normalized spacial score (nSPS) is 30.9. The van der Waals surface area contributed by atoms with E-state index in [1.54, 1.807) is 0 Å². The van der Waals surface area contributed by atoms with Crippen molar-refractivity contribution in [2.75, 3.05) is 6.61 Å². The number of esters is 1. The molecular weight excluding hydrogens is 589 g/mol. The van der Waals surface area contributed by atoms with Crippen LogP contribution in [0.5, 0.6) is 0 Å². The number of fused-ring (bicyclic) bond motifs is 1. The maximum Gasteiger partial charge on any atom is 0.330 e. The van der Waals surface area contributed by atoms with Gasteiger partial charge in [-0.15, -0.1) is 0 Å². The Bertz CT molecular complexity index is 1190. The quantitative estimate of drug-likeness (QED) is 0.151. The number of hydrogen-bond acceptors (Lipinski definition) is 4. The molecule has 3 saturated carbocycles. The van der Waals surface area contributed by atoms with Gasteiger partial charge in [-0.3, -0.25) is 0 Å². The Balaban J connectivity index is 1.49. The van der Waals surface area contributed by atoms with Crippen molar-refractivity contribution in [1.82, 2.24) is 0 Å². The summed E-state index contributed by atoms with van der Waals surface area (Å²) in [4.78, 5) is 13.6. The van der Waals surface area contributed by atoms with Crippen LogP contribution in [0.1, 0.15) is 106 Å². The molecule has 0 bridgehead atoms. The molecule has 254 valence electrons. The molecule has 0 N–H and O–H groups in total. The standard InChI is InChI=1S/C39H66O4Si2/c1-27-19-20-33(39(8,9)30-17-15-14-16-18-30)35(21-27)42-36(40)24-28-22-29-25-34(43-45(12,13)38(5,6)7)32(31(29)23-28)26-41-44(10,11)37(2,3)4/h14-18,24,27,29,31-35H,19-23,25-26H2,1-13H3/t27?,29-,31-,32-,33?,34+,35?/m0/s1. The molecule has 0 amide bonds. The van der Waals surface area contributed by atoms with Crippen LogP contribution < -0.4 is 0 Å². The second-order valence-electron chi connectivity index (χ2n) is 18.6. The number of ether oxygens (including phenoxy) is 1. The van der Waals surface area contributed by atoms with E-state index in [-0.39, 0.29) is 33.7 Å². The molecule has 0 spiro atoms. The minimum atomic E-state index is -1.92. The SMILES string of the molecule is CC1CCC(C(C)(C)c2ccccc2)C(OC(=O)C=C2C[C@H]3C[C@@H](O[Si](C)(C)C(C)(C)C)[C@@H](CO[Si](C)(C)C(C)(C)C)[C@H]3C2)C1. The number of rotatable bonds is 9. The predicted molar refractivity (Wildman–Crippen MR) is 193 cm³/mol. The van der Waals surface area contributed by atoms with Crippen molar-refractivity contribution in [3.8, 4) is 0 Å². The molecule has 3 aliphatic rings. The van der Waals surface area contributed by atoms with Gasteiger partial charge in [0, 0.05) is 24.5 Å². The van der Waals surface area contributed by atoms with Gasteiger partial charge in [0.2, 0.25) is 0 Å². The summed E-state index contributed by atoms with van der Waals surface area (Å²) < 4.78 is 20.4. The largest absolute Gasteiger partial charge is 0.459 e. The summed E-state index contributed by atoms with van der Waals surface area (Å²) in [7, 11) is -3.82. The smallest absolute Gasteiger partial charge is 0.330 e. The first-order chi connectivity index (χ1) is 20.6. The minimum Gasteiger partial charge on any atom is -0.459 e. The summed E-state index contributed by atoms with van der Waals surface area (Å²) in [5.74, 6) is 2.17. The fraction of sp³-hybridized carbons (Fsp3) is 0.769. The van der Waals surface area contributed by atoms with E-state index in [2.05, 4.69) is 119 Å². The first-order valence-corrected chi connectivity index (χ1v) is 23.7. The molecule has 6 heteroatoms. The third-order valence-electron chi connectivity index (χ3n) is 13.0. The van der Waals surface area contributed by atoms with E-state index in [1.807, 2.05) is 6.08 Å². The Kier molecular flexibility index (Phi) is 10.9. The lowest BCUT2D eigenvalue weighted by molar-refractivity contribution is -0.150. The highest BCUT2D eigenvalue weighted by Gasteiger charge is 2.52. The lowest BCUT2D eigenvalue weighted by Crippen LogP contribution is -2.47. The Morgan fingerprint density at radius 2 is 1.47 bits per heavy atom. The van der Waals surface area contributed by atoms with Crippen LogP contribution in [0.4, 0.5) is 0 Å². The molecule has 0 radical (unpaired) electrons. The van der Waals surface area contributed by atoms with Crippen molar-refractivity contribution in [2.45, 2.75) is 155 Å². The fourth-order valence-electron chi connectivity index (χ4n) is 7.83. The summed E-state index contributed by atoms with van der Waals surface area (Å²) >= 11 is 0. The van der Waals surface area contributed by atoms with Crippen molar-refractivity contribution in [2.24, 2.45) is 29.6 Å². The van der Waals surface area contributed by atoms with Gasteiger partial charge in [0.25, 0.3) is 0 Å². The summed E-state index contributed by atoms with van der Waals surface area (Å²) in [5, 5.41) is 0.350. The first-order valence-electron chi connectivity index (χ1n) is 17.9. The van der Waals surface area contributed by atoms with Gasteiger partial charge in [0.1, 0.15) is 6.10 Å². The zero-order valence-corrected chi connectivity index (χ0v) is 33.1. The van der Waals surface area contributed by atoms with Gasteiger partial charge < -0.3 is 13.6 Å². The van der Waals surface area contributed by atoms with Crippen LogP contribution in [0.15, 0.2) is 42.0 Å².